The van der Waals surface area contributed by atoms with Crippen molar-refractivity contribution in [3.8, 4) is 28.7 Å². The molecule has 3 rings (SSSR count). The van der Waals surface area contributed by atoms with Gasteiger partial charge in [-0.15, -0.1) is 0 Å². The number of ether oxygens (including phenoxy) is 4. The molecule has 1 aliphatic heterocycles. The highest BCUT2D eigenvalue weighted by atomic mass is 16.5. The fourth-order valence-electron chi connectivity index (χ4n) is 3.70. The van der Waals surface area contributed by atoms with Crippen LogP contribution in [-0.4, -0.2) is 39.5 Å². The molecule has 1 saturated heterocycles. The molecule has 1 heterocycles. The molecule has 2 aromatic rings. The monoisotopic (exact) mass is 399 g/mol. The van der Waals surface area contributed by atoms with Crippen molar-refractivity contribution in [1.29, 1.82) is 0 Å². The van der Waals surface area contributed by atoms with Crippen LogP contribution in [0.1, 0.15) is 18.5 Å². The molecule has 7 heteroatoms. The van der Waals surface area contributed by atoms with Gasteiger partial charge in [0.05, 0.1) is 46.1 Å². The van der Waals surface area contributed by atoms with Gasteiger partial charge in [0.1, 0.15) is 0 Å². The minimum Gasteiger partial charge on any atom is -0.504 e. The molecule has 154 valence electrons. The van der Waals surface area contributed by atoms with Gasteiger partial charge in [0.2, 0.25) is 11.7 Å². The van der Waals surface area contributed by atoms with Crippen LogP contribution in [0.3, 0.4) is 0 Å². The summed E-state index contributed by atoms with van der Waals surface area (Å²) >= 11 is 0. The average Bonchev–Trinajstić information content (AvgIpc) is 2.70. The fraction of sp³-hybridized carbons (Fsp3) is 0.318. The van der Waals surface area contributed by atoms with E-state index in [1.165, 1.54) is 28.4 Å². The lowest BCUT2D eigenvalue weighted by atomic mass is 9.78. The average molecular weight is 399 g/mol. The number of aromatic hydroxyl groups is 1. The zero-order chi connectivity index (χ0) is 21.3. The van der Waals surface area contributed by atoms with E-state index in [4.69, 9.17) is 18.9 Å². The van der Waals surface area contributed by atoms with E-state index in [1.807, 2.05) is 13.0 Å². The van der Waals surface area contributed by atoms with Gasteiger partial charge in [-0.3, -0.25) is 4.79 Å². The third kappa shape index (κ3) is 3.33. The second kappa shape index (κ2) is 7.95. The summed E-state index contributed by atoms with van der Waals surface area (Å²) in [5.41, 5.74) is 2.12. The van der Waals surface area contributed by atoms with Gasteiger partial charge >= 0.3 is 0 Å². The van der Waals surface area contributed by atoms with Crippen LogP contribution in [-0.2, 0) is 4.79 Å². The first-order valence-corrected chi connectivity index (χ1v) is 9.03. The molecule has 1 N–H and O–H groups in total. The summed E-state index contributed by atoms with van der Waals surface area (Å²) in [5, 5.41) is 10.2. The van der Waals surface area contributed by atoms with Gasteiger partial charge in [-0.2, -0.15) is 0 Å². The smallest absolute Gasteiger partial charge is 0.237 e. The van der Waals surface area contributed by atoms with E-state index in [0.29, 0.717) is 28.7 Å². The molecule has 1 fully saturated rings. The Kier molecular flexibility index (Phi) is 5.59. The zero-order valence-electron chi connectivity index (χ0n) is 17.2. The molecule has 29 heavy (non-hydrogen) atoms. The van der Waals surface area contributed by atoms with Gasteiger partial charge in [-0.1, -0.05) is 18.2 Å². The number of methoxy groups -OCH3 is 4. The largest absolute Gasteiger partial charge is 0.504 e. The number of amides is 1. The van der Waals surface area contributed by atoms with Gasteiger partial charge in [0.25, 0.3) is 0 Å². The van der Waals surface area contributed by atoms with Gasteiger partial charge in [0, 0.05) is 12.1 Å². The quantitative estimate of drug-likeness (QED) is 0.565. The van der Waals surface area contributed by atoms with E-state index in [2.05, 4.69) is 6.58 Å². The number of phenolic OH excluding ortho intramolecular Hbond substituents is 1. The van der Waals surface area contributed by atoms with Crippen LogP contribution in [0.2, 0.25) is 0 Å². The minimum absolute atomic E-state index is 0.00894. The van der Waals surface area contributed by atoms with Gasteiger partial charge in [-0.05, 0) is 24.6 Å². The number of anilines is 1. The van der Waals surface area contributed by atoms with Crippen LogP contribution >= 0.6 is 0 Å². The van der Waals surface area contributed by atoms with Crippen molar-refractivity contribution >= 4 is 11.6 Å². The Hall–Kier alpha value is -3.35. The molecule has 7 nitrogen and oxygen atoms in total. The van der Waals surface area contributed by atoms with Gasteiger partial charge < -0.3 is 29.0 Å². The lowest BCUT2D eigenvalue weighted by Crippen LogP contribution is -2.55. The second-order valence-corrected chi connectivity index (χ2v) is 6.79. The first-order chi connectivity index (χ1) is 13.9. The van der Waals surface area contributed by atoms with Gasteiger partial charge in [-0.25, -0.2) is 0 Å². The summed E-state index contributed by atoms with van der Waals surface area (Å²) in [7, 11) is 6.05. The number of carbonyl (C=O) groups excluding carboxylic acids is 1. The van der Waals surface area contributed by atoms with Crippen molar-refractivity contribution in [1.82, 2.24) is 0 Å². The Balaban J connectivity index is 2.11. The summed E-state index contributed by atoms with van der Waals surface area (Å²) in [6, 6.07) is 8.23. The molecule has 0 saturated carbocycles. The molecule has 2 unspecified atom stereocenters. The maximum atomic E-state index is 13.0. The lowest BCUT2D eigenvalue weighted by molar-refractivity contribution is -0.128. The van der Waals surface area contributed by atoms with E-state index in [-0.39, 0.29) is 17.7 Å². The van der Waals surface area contributed by atoms with Crippen LogP contribution in [0.5, 0.6) is 28.7 Å². The van der Waals surface area contributed by atoms with Crippen molar-refractivity contribution in [2.24, 2.45) is 5.92 Å². The summed E-state index contributed by atoms with van der Waals surface area (Å²) in [6.07, 6.45) is 0. The summed E-state index contributed by atoms with van der Waals surface area (Å²) in [5.74, 6) is 1.23. The molecule has 0 aliphatic carbocycles. The fourth-order valence-corrected chi connectivity index (χ4v) is 3.70. The first kappa shape index (κ1) is 20.4. The number of hydrogen-bond acceptors (Lipinski definition) is 6. The number of benzene rings is 2. The number of carbonyl (C=O) groups is 1. The maximum absolute atomic E-state index is 13.0. The summed E-state index contributed by atoms with van der Waals surface area (Å²) in [4.78, 5) is 14.7. The number of phenols is 1. The predicted octanol–water partition coefficient (Wildman–Crippen LogP) is 3.71. The molecule has 1 aliphatic rings. The Morgan fingerprint density at radius 1 is 0.966 bits per heavy atom. The van der Waals surface area contributed by atoms with Crippen LogP contribution in [0.4, 0.5) is 5.69 Å². The molecular weight excluding hydrogens is 374 g/mol. The van der Waals surface area contributed by atoms with Crippen molar-refractivity contribution in [3.05, 3.63) is 48.0 Å². The Labute approximate surface area is 170 Å². The van der Waals surface area contributed by atoms with E-state index in [9.17, 15) is 9.90 Å². The lowest BCUT2D eigenvalue weighted by Gasteiger charge is -2.48. The normalized spacial score (nSPS) is 18.1. The molecule has 0 bridgehead atoms. The number of nitrogens with zero attached hydrogens (tertiary/aromatic N) is 1. The van der Waals surface area contributed by atoms with Crippen LogP contribution in [0.15, 0.2) is 42.5 Å². The Morgan fingerprint density at radius 3 is 2.00 bits per heavy atom. The third-order valence-electron chi connectivity index (χ3n) is 5.10. The highest BCUT2D eigenvalue weighted by Crippen LogP contribution is 2.50. The Bertz CT molecular complexity index is 929. The molecular formula is C22H25NO6. The first-order valence-electron chi connectivity index (χ1n) is 9.03. The Morgan fingerprint density at radius 2 is 1.55 bits per heavy atom. The number of β-lactam (4-membered cyclic amide) rings is 1. The molecule has 0 aromatic heterocycles. The zero-order valence-corrected chi connectivity index (χ0v) is 17.2. The van der Waals surface area contributed by atoms with Crippen molar-refractivity contribution < 1.29 is 28.8 Å². The molecule has 2 aromatic carbocycles. The van der Waals surface area contributed by atoms with E-state index < -0.39 is 5.92 Å². The van der Waals surface area contributed by atoms with Crippen LogP contribution < -0.4 is 23.8 Å². The van der Waals surface area contributed by atoms with Crippen LogP contribution in [0, 0.1) is 5.92 Å². The standard InChI is InChI=1S/C22H25NO6/c1-12(2)19-20(13-7-8-16(26-3)15(24)9-13)23(22(19)25)14-10-17(27-4)21(29-6)18(11-14)28-5/h7-11,19-20,24H,1H2,2-6H3. The summed E-state index contributed by atoms with van der Waals surface area (Å²) < 4.78 is 21.3. The molecule has 0 radical (unpaired) electrons. The summed E-state index contributed by atoms with van der Waals surface area (Å²) in [6.45, 7) is 5.80. The molecule has 0 spiro atoms. The van der Waals surface area contributed by atoms with E-state index in [0.717, 1.165) is 11.1 Å². The highest BCUT2D eigenvalue weighted by molar-refractivity contribution is 6.05. The number of hydrogen-bond donors (Lipinski definition) is 1. The predicted molar refractivity (Wildman–Crippen MR) is 109 cm³/mol. The van der Waals surface area contributed by atoms with Gasteiger partial charge in [0.15, 0.2) is 23.0 Å². The maximum Gasteiger partial charge on any atom is 0.237 e. The van der Waals surface area contributed by atoms with Crippen molar-refractivity contribution in [2.45, 2.75) is 13.0 Å². The highest BCUT2D eigenvalue weighted by Gasteiger charge is 2.49. The third-order valence-corrected chi connectivity index (χ3v) is 5.10. The van der Waals surface area contributed by atoms with Crippen molar-refractivity contribution in [3.63, 3.8) is 0 Å². The molecule has 1 amide bonds. The van der Waals surface area contributed by atoms with Crippen molar-refractivity contribution in [2.75, 3.05) is 33.3 Å². The van der Waals surface area contributed by atoms with Crippen LogP contribution in [0.25, 0.3) is 0 Å². The second-order valence-electron chi connectivity index (χ2n) is 6.79. The van der Waals surface area contributed by atoms with E-state index in [1.54, 1.807) is 29.2 Å². The van der Waals surface area contributed by atoms with E-state index >= 15 is 0 Å². The topological polar surface area (TPSA) is 77.5 Å². The minimum atomic E-state index is -0.401. The SMILES string of the molecule is C=C(C)C1C(=O)N(c2cc(OC)c(OC)c(OC)c2)C1c1ccc(OC)c(O)c1. The number of rotatable bonds is 7. The molecule has 2 atom stereocenters.